The lowest BCUT2D eigenvalue weighted by Crippen LogP contribution is -2.31. The molecule has 1 aromatic heterocycles. The van der Waals surface area contributed by atoms with Gasteiger partial charge in [0.05, 0.1) is 11.4 Å². The van der Waals surface area contributed by atoms with Crippen LogP contribution in [0.25, 0.3) is 40.7 Å². The third-order valence-electron chi connectivity index (χ3n) is 10.2. The van der Waals surface area contributed by atoms with Crippen molar-refractivity contribution >= 4 is 35.3 Å². The monoisotopic (exact) mass is 636 g/mol. The van der Waals surface area contributed by atoms with E-state index in [2.05, 4.69) is 179 Å². The van der Waals surface area contributed by atoms with Gasteiger partial charge >= 0.3 is 0 Å². The molecule has 0 bridgehead atoms. The number of hydrogen-bond acceptors (Lipinski definition) is 3. The lowest BCUT2D eigenvalue weighted by atomic mass is 10.00. The summed E-state index contributed by atoms with van der Waals surface area (Å²) in [6.07, 6.45) is 36.9. The minimum absolute atomic E-state index is 0.176. The lowest BCUT2D eigenvalue weighted by Gasteiger charge is -2.30. The molecule has 4 nitrogen and oxygen atoms in total. The number of nitrogens with zero attached hydrogens (tertiary/aromatic N) is 3. The van der Waals surface area contributed by atoms with Crippen molar-refractivity contribution < 1.29 is 0 Å². The van der Waals surface area contributed by atoms with Crippen molar-refractivity contribution in [3.05, 3.63) is 172 Å². The molecule has 0 saturated carbocycles. The van der Waals surface area contributed by atoms with Crippen LogP contribution in [0.5, 0.6) is 0 Å². The van der Waals surface area contributed by atoms with Crippen LogP contribution >= 0.6 is 0 Å². The summed E-state index contributed by atoms with van der Waals surface area (Å²) >= 11 is 0. The zero-order valence-electron chi connectivity index (χ0n) is 27.9. The molecule has 3 heterocycles. The minimum atomic E-state index is 0.176. The standard InChI is InChI=1S/C45H40N4/c1-32-14-8-10-19-42(32)48(36-15-4-2-5-16-36)37-28-35(33-23-25-34(26-24-33)41-31-47-27-13-12-22-45(47)46-41)29-38(30-37)49-43-20-7-3-6-17-39(43)40-18-9-11-21-44(40)49/h3-4,6-8,10,12-16,18-31,45-46H,2,5,9,11,17H2,1H3. The van der Waals surface area contributed by atoms with Crippen molar-refractivity contribution in [2.45, 2.75) is 45.2 Å². The van der Waals surface area contributed by atoms with Crippen LogP contribution in [0.1, 0.15) is 48.1 Å². The summed E-state index contributed by atoms with van der Waals surface area (Å²) in [4.78, 5) is 4.67. The van der Waals surface area contributed by atoms with Crippen LogP contribution in [-0.2, 0) is 6.42 Å². The van der Waals surface area contributed by atoms with E-state index in [9.17, 15) is 0 Å². The van der Waals surface area contributed by atoms with Gasteiger partial charge in [-0.25, -0.2) is 0 Å². The predicted molar refractivity (Wildman–Crippen MR) is 205 cm³/mol. The van der Waals surface area contributed by atoms with E-state index < -0.39 is 0 Å². The smallest absolute Gasteiger partial charge is 0.122 e. The Hall–Kier alpha value is -5.74. The second-order valence-corrected chi connectivity index (χ2v) is 13.3. The van der Waals surface area contributed by atoms with Crippen LogP contribution in [0.3, 0.4) is 0 Å². The number of benzene rings is 3. The number of allylic oxidation sites excluding steroid dienone is 8. The number of rotatable bonds is 6. The molecular formula is C45H40N4. The Balaban J connectivity index is 1.23. The molecule has 3 aliphatic carbocycles. The molecule has 240 valence electrons. The van der Waals surface area contributed by atoms with Gasteiger partial charge in [0, 0.05) is 40.5 Å². The molecule has 4 heteroatoms. The van der Waals surface area contributed by atoms with Gasteiger partial charge in [-0.1, -0.05) is 91.1 Å². The molecule has 49 heavy (non-hydrogen) atoms. The summed E-state index contributed by atoms with van der Waals surface area (Å²) in [6, 6.07) is 25.0. The van der Waals surface area contributed by atoms with Crippen molar-refractivity contribution in [1.29, 1.82) is 0 Å². The van der Waals surface area contributed by atoms with Crippen LogP contribution in [-0.4, -0.2) is 15.6 Å². The Morgan fingerprint density at radius 2 is 1.61 bits per heavy atom. The quantitative estimate of drug-likeness (QED) is 0.229. The van der Waals surface area contributed by atoms with Crippen molar-refractivity contribution in [1.82, 2.24) is 14.8 Å². The van der Waals surface area contributed by atoms with Gasteiger partial charge in [0.25, 0.3) is 0 Å². The second-order valence-electron chi connectivity index (χ2n) is 13.3. The average molecular weight is 637 g/mol. The van der Waals surface area contributed by atoms with Gasteiger partial charge in [-0.3, -0.25) is 0 Å². The lowest BCUT2D eigenvalue weighted by molar-refractivity contribution is 0.427. The molecule has 0 spiro atoms. The van der Waals surface area contributed by atoms with Gasteiger partial charge in [-0.15, -0.1) is 0 Å². The summed E-state index contributed by atoms with van der Waals surface area (Å²) in [5.74, 6) is 0. The van der Waals surface area contributed by atoms with E-state index in [0.717, 1.165) is 43.5 Å². The normalized spacial score (nSPS) is 18.4. The molecule has 0 saturated heterocycles. The van der Waals surface area contributed by atoms with E-state index in [1.54, 1.807) is 0 Å². The van der Waals surface area contributed by atoms with Gasteiger partial charge in [0.1, 0.15) is 6.17 Å². The van der Waals surface area contributed by atoms with Gasteiger partial charge in [0.15, 0.2) is 0 Å². The maximum atomic E-state index is 3.65. The first-order chi connectivity index (χ1) is 24.2. The Morgan fingerprint density at radius 1 is 0.755 bits per heavy atom. The van der Waals surface area contributed by atoms with E-state index in [-0.39, 0.29) is 6.17 Å². The maximum absolute atomic E-state index is 3.65. The second kappa shape index (κ2) is 12.4. The predicted octanol–water partition coefficient (Wildman–Crippen LogP) is 8.92. The topological polar surface area (TPSA) is 23.4 Å². The molecule has 5 aliphatic rings. The van der Waals surface area contributed by atoms with E-state index >= 15 is 0 Å². The number of para-hydroxylation sites is 1. The van der Waals surface area contributed by atoms with E-state index in [1.807, 2.05) is 0 Å². The van der Waals surface area contributed by atoms with Crippen LogP contribution in [0.15, 0.2) is 140 Å². The summed E-state index contributed by atoms with van der Waals surface area (Å²) < 4.78 is 2.51. The van der Waals surface area contributed by atoms with E-state index in [1.165, 1.54) is 61.2 Å². The highest BCUT2D eigenvalue weighted by Crippen LogP contribution is 2.38. The number of aromatic nitrogens is 1. The summed E-state index contributed by atoms with van der Waals surface area (Å²) in [5, 5.41) is 6.35. The molecule has 1 unspecified atom stereocenters. The zero-order valence-corrected chi connectivity index (χ0v) is 27.9. The Kier molecular flexibility index (Phi) is 7.42. The fraction of sp³-hybridized carbons (Fsp3) is 0.156. The number of anilines is 2. The molecule has 9 rings (SSSR count). The number of fused-ring (bicyclic) bond motifs is 4. The van der Waals surface area contributed by atoms with Gasteiger partial charge < -0.3 is 19.7 Å². The Labute approximate surface area is 288 Å². The molecule has 1 N–H and O–H groups in total. The average Bonchev–Trinajstić information content (AvgIpc) is 3.63. The SMILES string of the molecule is Cc1ccccc1N(C1=CCCC=C1)c1cc(-c2ccc(C3=CN4C=CC=CC4N3)cc2)cc(-n2c3c(c4c2=CCCC=4)CC=CC=C3)c1. The van der Waals surface area contributed by atoms with Crippen LogP contribution in [0.2, 0.25) is 0 Å². The molecule has 0 fully saturated rings. The van der Waals surface area contributed by atoms with Crippen molar-refractivity contribution in [3.8, 4) is 16.8 Å². The highest BCUT2D eigenvalue weighted by atomic mass is 15.3. The molecular weight excluding hydrogens is 597 g/mol. The van der Waals surface area contributed by atoms with Crippen LogP contribution in [0, 0.1) is 6.92 Å². The van der Waals surface area contributed by atoms with Crippen molar-refractivity contribution in [2.75, 3.05) is 4.90 Å². The number of aryl methyl sites for hydroxylation is 1. The first-order valence-electron chi connectivity index (χ1n) is 17.6. The number of nitrogens with one attached hydrogen (secondary N) is 1. The highest BCUT2D eigenvalue weighted by molar-refractivity contribution is 5.81. The first-order valence-corrected chi connectivity index (χ1v) is 17.6. The summed E-state index contributed by atoms with van der Waals surface area (Å²) in [6.45, 7) is 2.22. The largest absolute Gasteiger partial charge is 0.360 e. The fourth-order valence-corrected chi connectivity index (χ4v) is 7.76. The fourth-order valence-electron chi connectivity index (χ4n) is 7.76. The molecule has 1 atom stereocenters. The first kappa shape index (κ1) is 29.4. The third-order valence-corrected chi connectivity index (χ3v) is 10.2. The maximum Gasteiger partial charge on any atom is 0.122 e. The van der Waals surface area contributed by atoms with Gasteiger partial charge in [-0.05, 0) is 121 Å². The minimum Gasteiger partial charge on any atom is -0.360 e. The van der Waals surface area contributed by atoms with Crippen LogP contribution in [0.4, 0.5) is 11.4 Å². The van der Waals surface area contributed by atoms with Crippen molar-refractivity contribution in [2.24, 2.45) is 0 Å². The van der Waals surface area contributed by atoms with Crippen LogP contribution < -0.4 is 20.8 Å². The Morgan fingerprint density at radius 3 is 2.47 bits per heavy atom. The van der Waals surface area contributed by atoms with Crippen molar-refractivity contribution in [3.63, 3.8) is 0 Å². The zero-order chi connectivity index (χ0) is 32.7. The molecule has 2 aliphatic heterocycles. The Bertz CT molecular complexity index is 2300. The summed E-state index contributed by atoms with van der Waals surface area (Å²) in [5.41, 5.74) is 13.4. The molecule has 4 aromatic rings. The molecule has 0 radical (unpaired) electrons. The van der Waals surface area contributed by atoms with Gasteiger partial charge in [-0.2, -0.15) is 0 Å². The van der Waals surface area contributed by atoms with E-state index in [4.69, 9.17) is 0 Å². The molecule has 0 amide bonds. The highest BCUT2D eigenvalue weighted by Gasteiger charge is 2.23. The molecule has 3 aromatic carbocycles. The van der Waals surface area contributed by atoms with Gasteiger partial charge in [0.2, 0.25) is 0 Å². The third kappa shape index (κ3) is 5.34. The van der Waals surface area contributed by atoms with E-state index in [0.29, 0.717) is 0 Å². The number of hydrogen-bond donors (Lipinski definition) is 1. The summed E-state index contributed by atoms with van der Waals surface area (Å²) in [7, 11) is 0.